The molecule has 1 saturated heterocycles. The Bertz CT molecular complexity index is 1060. The topological polar surface area (TPSA) is 9.72 Å². The van der Waals surface area contributed by atoms with Crippen LogP contribution in [0.25, 0.3) is 0 Å². The molecule has 3 aromatic rings. The molecule has 3 nitrogen and oxygen atoms in total. The third kappa shape index (κ3) is 5.17. The summed E-state index contributed by atoms with van der Waals surface area (Å²) < 4.78 is 124. The Morgan fingerprint density at radius 3 is 0.833 bits per heavy atom. The number of anilines is 3. The number of benzene rings is 3. The summed E-state index contributed by atoms with van der Waals surface area (Å²) in [7, 11) is 0. The largest absolute Gasteiger partial charge is 0.418 e. The van der Waals surface area contributed by atoms with Crippen molar-refractivity contribution in [2.75, 3.05) is 34.7 Å². The maximum Gasteiger partial charge on any atom is 0.418 e. The molecule has 0 aliphatic carbocycles. The summed E-state index contributed by atoms with van der Waals surface area (Å²) in [5.74, 6) is 0. The van der Waals surface area contributed by atoms with Crippen molar-refractivity contribution in [3.05, 3.63) is 89.5 Å². The molecule has 0 amide bonds. The normalized spacial score (nSPS) is 15.4. The summed E-state index contributed by atoms with van der Waals surface area (Å²) >= 11 is 0. The van der Waals surface area contributed by atoms with E-state index in [2.05, 4.69) is 0 Å². The highest BCUT2D eigenvalue weighted by molar-refractivity contribution is 5.65. The second-order valence-corrected chi connectivity index (χ2v) is 8.09. The van der Waals surface area contributed by atoms with Crippen molar-refractivity contribution in [3.8, 4) is 0 Å². The Balaban J connectivity index is 1.86. The van der Waals surface area contributed by atoms with Gasteiger partial charge in [-0.25, -0.2) is 0 Å². The minimum atomic E-state index is -4.79. The second kappa shape index (κ2) is 9.14. The molecular weight excluding hydrogens is 501 g/mol. The van der Waals surface area contributed by atoms with Crippen molar-refractivity contribution in [1.29, 1.82) is 0 Å². The van der Waals surface area contributed by atoms with E-state index in [1.807, 2.05) is 0 Å². The minimum Gasteiger partial charge on any atom is -0.335 e. The van der Waals surface area contributed by atoms with Gasteiger partial charge in [0.1, 0.15) is 0 Å². The van der Waals surface area contributed by atoms with Gasteiger partial charge in [-0.2, -0.15) is 39.5 Å². The molecular formula is C24H18F9N3. The van der Waals surface area contributed by atoms with Crippen molar-refractivity contribution in [2.24, 2.45) is 0 Å². The van der Waals surface area contributed by atoms with Crippen LogP contribution in [0.5, 0.6) is 0 Å². The van der Waals surface area contributed by atoms with E-state index in [9.17, 15) is 39.5 Å². The first-order valence-electron chi connectivity index (χ1n) is 10.5. The van der Waals surface area contributed by atoms with Crippen LogP contribution < -0.4 is 14.7 Å². The molecule has 0 N–H and O–H groups in total. The van der Waals surface area contributed by atoms with Gasteiger partial charge in [0.05, 0.1) is 53.8 Å². The molecule has 0 saturated carbocycles. The summed E-state index contributed by atoms with van der Waals surface area (Å²) in [5, 5.41) is 0. The first-order chi connectivity index (χ1) is 16.8. The van der Waals surface area contributed by atoms with E-state index >= 15 is 0 Å². The average molecular weight is 519 g/mol. The van der Waals surface area contributed by atoms with Crippen molar-refractivity contribution in [3.63, 3.8) is 0 Å². The minimum absolute atomic E-state index is 0.367. The molecule has 1 heterocycles. The van der Waals surface area contributed by atoms with Crippen LogP contribution in [0, 0.1) is 0 Å². The predicted octanol–water partition coefficient (Wildman–Crippen LogP) is 7.45. The standard InChI is InChI=1S/C24H18F9N3/c25-22(26,27)16-7-1-4-10-19(16)34-13-35(20-11-5-2-8-17(20)23(28,29)30)15-36(14-34)21-12-6-3-9-18(21)24(31,32)33/h1-12H,13-15H2. The van der Waals surface area contributed by atoms with Gasteiger partial charge in [0.2, 0.25) is 0 Å². The first kappa shape index (κ1) is 25.5. The van der Waals surface area contributed by atoms with E-state index in [0.29, 0.717) is 0 Å². The average Bonchev–Trinajstić information content (AvgIpc) is 2.82. The van der Waals surface area contributed by atoms with Gasteiger partial charge in [0.25, 0.3) is 0 Å². The fourth-order valence-electron chi connectivity index (χ4n) is 4.18. The summed E-state index contributed by atoms with van der Waals surface area (Å²) in [4.78, 5) is 3.31. The zero-order valence-corrected chi connectivity index (χ0v) is 18.3. The second-order valence-electron chi connectivity index (χ2n) is 8.09. The van der Waals surface area contributed by atoms with Gasteiger partial charge in [-0.15, -0.1) is 0 Å². The van der Waals surface area contributed by atoms with E-state index < -0.39 is 55.2 Å². The van der Waals surface area contributed by atoms with Crippen molar-refractivity contribution in [2.45, 2.75) is 18.5 Å². The van der Waals surface area contributed by atoms with Crippen molar-refractivity contribution >= 4 is 17.1 Å². The SMILES string of the molecule is FC(F)(F)c1ccccc1N1CN(c2ccccc2C(F)(F)F)CN(c2ccccc2C(F)(F)F)C1. The maximum absolute atomic E-state index is 13.7. The number of hydrogen-bond acceptors (Lipinski definition) is 3. The summed E-state index contributed by atoms with van der Waals surface area (Å²) in [6, 6.07) is 13.3. The zero-order chi connectivity index (χ0) is 26.3. The van der Waals surface area contributed by atoms with Gasteiger partial charge < -0.3 is 14.7 Å². The van der Waals surface area contributed by atoms with E-state index in [1.165, 1.54) is 18.2 Å². The van der Waals surface area contributed by atoms with Crippen LogP contribution in [0.3, 0.4) is 0 Å². The zero-order valence-electron chi connectivity index (χ0n) is 18.3. The summed E-state index contributed by atoms with van der Waals surface area (Å²) in [5.41, 5.74) is -4.27. The smallest absolute Gasteiger partial charge is 0.335 e. The molecule has 1 aliphatic heterocycles. The Kier molecular flexibility index (Phi) is 6.48. The van der Waals surface area contributed by atoms with E-state index in [4.69, 9.17) is 0 Å². The van der Waals surface area contributed by atoms with Crippen LogP contribution in [0.4, 0.5) is 56.6 Å². The first-order valence-corrected chi connectivity index (χ1v) is 10.5. The number of hydrogen-bond donors (Lipinski definition) is 0. The molecule has 4 rings (SSSR count). The molecule has 1 fully saturated rings. The monoisotopic (exact) mass is 519 g/mol. The van der Waals surface area contributed by atoms with Crippen LogP contribution >= 0.6 is 0 Å². The van der Waals surface area contributed by atoms with E-state index in [-0.39, 0.29) is 17.1 Å². The molecule has 1 aliphatic rings. The molecule has 192 valence electrons. The number of para-hydroxylation sites is 3. The van der Waals surface area contributed by atoms with E-state index in [1.54, 1.807) is 0 Å². The lowest BCUT2D eigenvalue weighted by atomic mass is 10.1. The maximum atomic E-state index is 13.7. The van der Waals surface area contributed by atoms with E-state index in [0.717, 1.165) is 69.3 Å². The lowest BCUT2D eigenvalue weighted by Gasteiger charge is -2.46. The number of nitrogens with zero attached hydrogens (tertiary/aromatic N) is 3. The van der Waals surface area contributed by atoms with Gasteiger partial charge in [-0.1, -0.05) is 36.4 Å². The molecule has 0 radical (unpaired) electrons. The van der Waals surface area contributed by atoms with Gasteiger partial charge in [-0.05, 0) is 36.4 Å². The Labute approximate surface area is 199 Å². The quantitative estimate of drug-likeness (QED) is 0.333. The lowest BCUT2D eigenvalue weighted by Crippen LogP contribution is -2.56. The third-order valence-corrected chi connectivity index (χ3v) is 5.67. The van der Waals surface area contributed by atoms with Crippen LogP contribution in [-0.2, 0) is 18.5 Å². The molecule has 0 bridgehead atoms. The molecule has 3 aromatic carbocycles. The number of alkyl halides is 9. The molecule has 36 heavy (non-hydrogen) atoms. The summed E-state index contributed by atoms with van der Waals surface area (Å²) in [6.45, 7) is -1.28. The van der Waals surface area contributed by atoms with Crippen molar-refractivity contribution < 1.29 is 39.5 Å². The van der Waals surface area contributed by atoms with Gasteiger partial charge in [-0.3, -0.25) is 0 Å². The van der Waals surface area contributed by atoms with Gasteiger partial charge in [0, 0.05) is 0 Å². The van der Waals surface area contributed by atoms with Crippen LogP contribution in [0.1, 0.15) is 16.7 Å². The molecule has 0 unspecified atom stereocenters. The molecule has 0 atom stereocenters. The van der Waals surface area contributed by atoms with Crippen LogP contribution in [0.15, 0.2) is 72.8 Å². The number of rotatable bonds is 3. The predicted molar refractivity (Wildman–Crippen MR) is 116 cm³/mol. The molecule has 0 aromatic heterocycles. The van der Waals surface area contributed by atoms with Crippen LogP contribution in [0.2, 0.25) is 0 Å². The molecule has 0 spiro atoms. The van der Waals surface area contributed by atoms with Gasteiger partial charge >= 0.3 is 18.5 Å². The van der Waals surface area contributed by atoms with Gasteiger partial charge in [0.15, 0.2) is 0 Å². The summed E-state index contributed by atoms with van der Waals surface area (Å²) in [6.07, 6.45) is -14.4. The Morgan fingerprint density at radius 1 is 0.389 bits per heavy atom. The number of halogens is 9. The highest BCUT2D eigenvalue weighted by Gasteiger charge is 2.40. The third-order valence-electron chi connectivity index (χ3n) is 5.67. The Morgan fingerprint density at radius 2 is 0.611 bits per heavy atom. The van der Waals surface area contributed by atoms with Crippen LogP contribution in [-0.4, -0.2) is 20.0 Å². The molecule has 12 heteroatoms. The highest BCUT2D eigenvalue weighted by atomic mass is 19.4. The lowest BCUT2D eigenvalue weighted by molar-refractivity contribution is -0.137. The Hall–Kier alpha value is -3.57. The highest BCUT2D eigenvalue weighted by Crippen LogP contribution is 2.42. The fraction of sp³-hybridized carbons (Fsp3) is 0.250. The fourth-order valence-corrected chi connectivity index (χ4v) is 4.18. The van der Waals surface area contributed by atoms with Crippen molar-refractivity contribution in [1.82, 2.24) is 0 Å².